The van der Waals surface area contributed by atoms with Gasteiger partial charge in [0.2, 0.25) is 0 Å². The minimum absolute atomic E-state index is 0.848. The molecule has 48 heavy (non-hydrogen) atoms. The molecule has 3 heteroatoms. The van der Waals surface area contributed by atoms with Gasteiger partial charge in [-0.1, -0.05) is 115 Å². The largest absolute Gasteiger partial charge is 0.299 e. The Morgan fingerprint density at radius 2 is 1.38 bits per heavy atom. The molecular formula is C45H35N3. The molecule has 6 aromatic carbocycles. The molecule has 1 aromatic heterocycles. The number of allylic oxidation sites excluding steroid dienone is 6. The van der Waals surface area contributed by atoms with Crippen molar-refractivity contribution in [3.8, 4) is 22.5 Å². The van der Waals surface area contributed by atoms with Crippen molar-refractivity contribution in [3.63, 3.8) is 0 Å². The summed E-state index contributed by atoms with van der Waals surface area (Å²) in [5.74, 6) is 0.858. The summed E-state index contributed by atoms with van der Waals surface area (Å²) in [5.41, 5.74) is 8.92. The molecule has 1 aliphatic rings. The Morgan fingerprint density at radius 3 is 2.12 bits per heavy atom. The Morgan fingerprint density at radius 1 is 0.708 bits per heavy atom. The van der Waals surface area contributed by atoms with E-state index in [1.807, 2.05) is 42.6 Å². The Labute approximate surface area is 280 Å². The molecule has 230 valence electrons. The van der Waals surface area contributed by atoms with Gasteiger partial charge in [-0.15, -0.1) is 0 Å². The van der Waals surface area contributed by atoms with E-state index in [4.69, 9.17) is 9.97 Å². The first kappa shape index (κ1) is 29.3. The van der Waals surface area contributed by atoms with Crippen LogP contribution in [-0.4, -0.2) is 14.5 Å². The van der Waals surface area contributed by atoms with Crippen LogP contribution in [0.5, 0.6) is 0 Å². The third kappa shape index (κ3) is 5.40. The Balaban J connectivity index is 1.31. The monoisotopic (exact) mass is 617 g/mol. The highest BCUT2D eigenvalue weighted by Gasteiger charge is 2.16. The van der Waals surface area contributed by atoms with Crippen LogP contribution >= 0.6 is 0 Å². The van der Waals surface area contributed by atoms with Crippen LogP contribution in [0.2, 0.25) is 0 Å². The molecule has 1 aliphatic heterocycles. The van der Waals surface area contributed by atoms with Crippen molar-refractivity contribution in [2.24, 2.45) is 0 Å². The maximum atomic E-state index is 5.14. The van der Waals surface area contributed by atoms with E-state index in [0.717, 1.165) is 34.5 Å². The van der Waals surface area contributed by atoms with Crippen LogP contribution in [0, 0.1) is 0 Å². The zero-order valence-corrected chi connectivity index (χ0v) is 27.1. The van der Waals surface area contributed by atoms with Gasteiger partial charge >= 0.3 is 0 Å². The predicted octanol–water partition coefficient (Wildman–Crippen LogP) is 11.9. The molecular weight excluding hydrogens is 583 g/mol. The number of hydrogen-bond donors (Lipinski definition) is 0. The number of rotatable bonds is 5. The summed E-state index contributed by atoms with van der Waals surface area (Å²) in [6, 6.07) is 41.4. The molecule has 0 amide bonds. The highest BCUT2D eigenvalue weighted by molar-refractivity contribution is 6.15. The van der Waals surface area contributed by atoms with Crippen LogP contribution in [0.3, 0.4) is 0 Å². The van der Waals surface area contributed by atoms with Crippen molar-refractivity contribution >= 4 is 55.6 Å². The van der Waals surface area contributed by atoms with Crippen molar-refractivity contribution in [3.05, 3.63) is 169 Å². The first-order valence-electron chi connectivity index (χ1n) is 16.5. The van der Waals surface area contributed by atoms with Crippen LogP contribution in [0.4, 0.5) is 0 Å². The highest BCUT2D eigenvalue weighted by atomic mass is 15.0. The van der Waals surface area contributed by atoms with Gasteiger partial charge in [0.15, 0.2) is 0 Å². The topological polar surface area (TPSA) is 30.7 Å². The second-order valence-corrected chi connectivity index (χ2v) is 12.2. The highest BCUT2D eigenvalue weighted by Crippen LogP contribution is 2.41. The molecule has 3 nitrogen and oxygen atoms in total. The molecule has 0 fully saturated rings. The quantitative estimate of drug-likeness (QED) is 0.142. The van der Waals surface area contributed by atoms with Crippen molar-refractivity contribution in [2.75, 3.05) is 0 Å². The average molecular weight is 618 g/mol. The summed E-state index contributed by atoms with van der Waals surface area (Å²) >= 11 is 0. The Kier molecular flexibility index (Phi) is 7.72. The number of nitrogens with zero attached hydrogens (tertiary/aromatic N) is 3. The molecule has 0 unspecified atom stereocenters. The van der Waals surface area contributed by atoms with Gasteiger partial charge in [0.05, 0.1) is 16.7 Å². The zero-order chi connectivity index (χ0) is 32.5. The van der Waals surface area contributed by atoms with Gasteiger partial charge in [-0.3, -0.25) is 9.55 Å². The predicted molar refractivity (Wildman–Crippen MR) is 205 cm³/mol. The fraction of sp³-hybridized carbons (Fsp3) is 0.0667. The number of para-hydroxylation sites is 2. The van der Waals surface area contributed by atoms with E-state index < -0.39 is 0 Å². The van der Waals surface area contributed by atoms with Crippen LogP contribution in [0.25, 0.3) is 78.1 Å². The van der Waals surface area contributed by atoms with Crippen LogP contribution in [-0.2, 0) is 6.42 Å². The molecule has 0 saturated carbocycles. The molecule has 0 aliphatic carbocycles. The van der Waals surface area contributed by atoms with Gasteiger partial charge in [-0.05, 0) is 112 Å². The van der Waals surface area contributed by atoms with Crippen LogP contribution in [0.1, 0.15) is 25.1 Å². The number of benzene rings is 6. The Hall–Kier alpha value is -6.06. The lowest BCUT2D eigenvalue weighted by atomic mass is 9.86. The van der Waals surface area contributed by atoms with Crippen molar-refractivity contribution in [1.29, 1.82) is 0 Å². The second-order valence-electron chi connectivity index (χ2n) is 12.2. The fourth-order valence-electron chi connectivity index (χ4n) is 6.92. The van der Waals surface area contributed by atoms with E-state index in [2.05, 4.69) is 140 Å². The lowest BCUT2D eigenvalue weighted by Crippen LogP contribution is -1.99. The first-order chi connectivity index (χ1) is 23.7. The average Bonchev–Trinajstić information content (AvgIpc) is 3.15. The van der Waals surface area contributed by atoms with E-state index in [-0.39, 0.29) is 0 Å². The van der Waals surface area contributed by atoms with Gasteiger partial charge in [0.25, 0.3) is 0 Å². The number of aromatic nitrogens is 3. The smallest absolute Gasteiger partial charge is 0.145 e. The van der Waals surface area contributed by atoms with Gasteiger partial charge in [0.1, 0.15) is 5.82 Å². The van der Waals surface area contributed by atoms with Crippen LogP contribution < -0.4 is 0 Å². The van der Waals surface area contributed by atoms with Crippen molar-refractivity contribution < 1.29 is 0 Å². The molecule has 2 heterocycles. The lowest BCUT2D eigenvalue weighted by molar-refractivity contribution is 1.11. The Bertz CT molecular complexity index is 2500. The van der Waals surface area contributed by atoms with Crippen molar-refractivity contribution in [2.45, 2.75) is 20.3 Å². The van der Waals surface area contributed by atoms with E-state index >= 15 is 0 Å². The number of hydrogen-bond acceptors (Lipinski definition) is 2. The fourth-order valence-corrected chi connectivity index (χ4v) is 6.92. The third-order valence-corrected chi connectivity index (χ3v) is 9.16. The molecule has 0 saturated heterocycles. The molecule has 0 spiro atoms. The molecule has 7 aromatic rings. The number of fused-ring (bicyclic) bond motifs is 8. The van der Waals surface area contributed by atoms with E-state index in [9.17, 15) is 0 Å². The summed E-state index contributed by atoms with van der Waals surface area (Å²) in [7, 11) is 0. The molecule has 0 radical (unpaired) electrons. The summed E-state index contributed by atoms with van der Waals surface area (Å²) in [6.07, 6.45) is 17.5. The van der Waals surface area contributed by atoms with Gasteiger partial charge < -0.3 is 0 Å². The SMILES string of the molecule is C/C=C\C(C)=C/Cc1c2ccccc2c(-c2ccc3cc(-c4nc5ccnc6ccccc6n4/C=C\C=C/5)ccc3c2)c2ccccc12. The molecule has 0 atom stereocenters. The summed E-state index contributed by atoms with van der Waals surface area (Å²) in [6.45, 7) is 4.24. The normalized spacial score (nSPS) is 14.1. The van der Waals surface area contributed by atoms with Crippen LogP contribution in [0.15, 0.2) is 157 Å². The minimum Gasteiger partial charge on any atom is -0.299 e. The lowest BCUT2D eigenvalue weighted by Gasteiger charge is -2.17. The third-order valence-electron chi connectivity index (χ3n) is 9.16. The summed E-state index contributed by atoms with van der Waals surface area (Å²) < 4.78 is 2.14. The van der Waals surface area contributed by atoms with Gasteiger partial charge in [-0.25, -0.2) is 4.98 Å². The summed E-state index contributed by atoms with van der Waals surface area (Å²) in [5, 5.41) is 7.53. The van der Waals surface area contributed by atoms with E-state index in [1.54, 1.807) is 0 Å². The first-order valence-corrected chi connectivity index (χ1v) is 16.5. The zero-order valence-electron chi connectivity index (χ0n) is 27.1. The molecule has 2 bridgehead atoms. The minimum atomic E-state index is 0.848. The van der Waals surface area contributed by atoms with Gasteiger partial charge in [0, 0.05) is 18.0 Å². The summed E-state index contributed by atoms with van der Waals surface area (Å²) in [4.78, 5) is 9.87. The van der Waals surface area contributed by atoms with E-state index in [1.165, 1.54) is 54.6 Å². The standard InChI is InChI=1S/C45H35N3/c1-3-12-31(2)20-25-39-37-14-4-6-16-40(37)44(41-17-7-5-15-38(39)41)34-23-21-33-30-35(24-22-32(33)29-34)45-47-36-13-10-11-28-48(45)43-19-9-8-18-42(43)46-27-26-36/h3-24,26-30H,25H2,1-2H3/b12-3-,13-10-,28-11-,31-20-,36-26?,46-27?,47-45?. The molecule has 0 N–H and O–H groups in total. The maximum Gasteiger partial charge on any atom is 0.145 e. The van der Waals surface area contributed by atoms with Crippen molar-refractivity contribution in [1.82, 2.24) is 14.5 Å². The maximum absolute atomic E-state index is 5.14. The molecule has 8 rings (SSSR count). The van der Waals surface area contributed by atoms with E-state index in [0.29, 0.717) is 0 Å². The van der Waals surface area contributed by atoms with Gasteiger partial charge in [-0.2, -0.15) is 0 Å². The second kappa shape index (κ2) is 12.6.